The summed E-state index contributed by atoms with van der Waals surface area (Å²) in [6.45, 7) is 0. The molecule has 42 valence electrons. The van der Waals surface area contributed by atoms with Crippen LogP contribution in [0.1, 0.15) is 6.42 Å². The summed E-state index contributed by atoms with van der Waals surface area (Å²) in [5, 5.41) is 7.83. The third-order valence-corrected chi connectivity index (χ3v) is 0.497. The average Bonchev–Trinajstić information content (AvgIpc) is 1.35. The molecule has 0 rings (SSSR count). The van der Waals surface area contributed by atoms with Crippen molar-refractivity contribution in [2.45, 2.75) is 6.42 Å². The van der Waals surface area contributed by atoms with Crippen molar-refractivity contribution in [3.8, 4) is 0 Å². The molecule has 0 aromatic heterocycles. The molecule has 2 radical (unpaired) electrons. The standard InChI is InChI=1S/C3H5ClO2.Pb.2H/c4-2-1-3(5)6;;;/h1-2H2,(H,5,6);;;. The van der Waals surface area contributed by atoms with Gasteiger partial charge < -0.3 is 5.11 Å². The first-order valence-electron chi connectivity index (χ1n) is 1.55. The summed E-state index contributed by atoms with van der Waals surface area (Å²) in [4.78, 5) is 9.51. The summed E-state index contributed by atoms with van der Waals surface area (Å²) in [5.74, 6) is -0.639. The number of rotatable bonds is 2. The molecule has 0 aromatic carbocycles. The fourth-order valence-corrected chi connectivity index (χ4v) is 0.243. The van der Waals surface area contributed by atoms with Crippen LogP contribution in [0, 0.1) is 0 Å². The number of aliphatic carboxylic acids is 1. The summed E-state index contributed by atoms with van der Waals surface area (Å²) in [7, 11) is 0. The topological polar surface area (TPSA) is 37.3 Å². The van der Waals surface area contributed by atoms with Crippen molar-refractivity contribution < 1.29 is 9.90 Å². The molecule has 0 spiro atoms. The Balaban J connectivity index is 0. The molecular formula is C3H7ClO2Pb. The summed E-state index contributed by atoms with van der Waals surface area (Å²) >= 11 is 5.02. The third kappa shape index (κ3) is 10.8. The van der Waals surface area contributed by atoms with E-state index in [1.807, 2.05) is 0 Å². The Labute approximate surface area is 67.0 Å². The number of alkyl halides is 1. The van der Waals surface area contributed by atoms with Crippen molar-refractivity contribution in [1.82, 2.24) is 0 Å². The predicted molar refractivity (Wildman–Crippen MR) is 31.5 cm³/mol. The number of halogens is 1. The molecule has 0 fully saturated rings. The minimum atomic E-state index is -0.843. The zero-order chi connectivity index (χ0) is 4.99. The maximum atomic E-state index is 9.51. The molecule has 2 nitrogen and oxygen atoms in total. The van der Waals surface area contributed by atoms with Gasteiger partial charge in [-0.1, -0.05) is 0 Å². The van der Waals surface area contributed by atoms with Gasteiger partial charge in [-0.05, 0) is 0 Å². The summed E-state index contributed by atoms with van der Waals surface area (Å²) < 4.78 is 0. The molecule has 0 saturated carbocycles. The molecule has 0 heterocycles. The Hall–Kier alpha value is 0.682. The van der Waals surface area contributed by atoms with E-state index in [0.717, 1.165) is 0 Å². The Morgan fingerprint density at radius 2 is 2.14 bits per heavy atom. The fraction of sp³-hybridized carbons (Fsp3) is 0.667. The first-order valence-corrected chi connectivity index (χ1v) is 2.08. The van der Waals surface area contributed by atoms with Gasteiger partial charge in [0.1, 0.15) is 0 Å². The normalized spacial score (nSPS) is 7.00. The van der Waals surface area contributed by atoms with Gasteiger partial charge in [0.15, 0.2) is 0 Å². The second-order valence-corrected chi connectivity index (χ2v) is 1.21. The molecule has 0 bridgehead atoms. The van der Waals surface area contributed by atoms with Crippen LogP contribution in [-0.2, 0) is 4.79 Å². The van der Waals surface area contributed by atoms with Crippen LogP contribution in [-0.4, -0.2) is 44.3 Å². The van der Waals surface area contributed by atoms with Crippen molar-refractivity contribution in [1.29, 1.82) is 0 Å². The molecule has 1 N–H and O–H groups in total. The number of carboxylic acid groups (broad SMARTS) is 1. The van der Waals surface area contributed by atoms with Crippen LogP contribution in [0.25, 0.3) is 0 Å². The fourth-order valence-electron chi connectivity index (χ4n) is 0.0808. The first-order chi connectivity index (χ1) is 2.77. The Kier molecular flexibility index (Phi) is 10.1. The molecule has 0 aromatic rings. The van der Waals surface area contributed by atoms with Gasteiger partial charge in [-0.3, -0.25) is 4.79 Å². The molecule has 0 aliphatic heterocycles. The van der Waals surface area contributed by atoms with E-state index < -0.39 is 5.97 Å². The zero-order valence-electron chi connectivity index (χ0n) is 3.85. The second kappa shape index (κ2) is 6.68. The number of hydrogen-bond acceptors (Lipinski definition) is 1. The summed E-state index contributed by atoms with van der Waals surface area (Å²) in [6, 6.07) is 0. The molecule has 0 aliphatic rings. The van der Waals surface area contributed by atoms with Gasteiger partial charge in [-0.15, -0.1) is 11.6 Å². The molecular weight excluding hydrogens is 311 g/mol. The van der Waals surface area contributed by atoms with Crippen LogP contribution in [0.5, 0.6) is 0 Å². The minimum absolute atomic E-state index is 0. The second-order valence-electron chi connectivity index (χ2n) is 0.833. The van der Waals surface area contributed by atoms with E-state index in [1.54, 1.807) is 0 Å². The van der Waals surface area contributed by atoms with Crippen LogP contribution in [0.3, 0.4) is 0 Å². The van der Waals surface area contributed by atoms with Gasteiger partial charge in [0.05, 0.1) is 6.42 Å². The van der Waals surface area contributed by atoms with Gasteiger partial charge in [0.2, 0.25) is 0 Å². The number of carboxylic acids is 1. The van der Waals surface area contributed by atoms with Gasteiger partial charge in [0.25, 0.3) is 0 Å². The molecule has 0 amide bonds. The van der Waals surface area contributed by atoms with Crippen molar-refractivity contribution in [3.63, 3.8) is 0 Å². The number of carbonyl (C=O) groups is 1. The molecule has 0 unspecified atom stereocenters. The van der Waals surface area contributed by atoms with Crippen molar-refractivity contribution >= 4 is 44.9 Å². The molecule has 0 aliphatic carbocycles. The average molecular weight is 318 g/mol. The van der Waals surface area contributed by atoms with Crippen LogP contribution in [0.4, 0.5) is 0 Å². The summed E-state index contributed by atoms with van der Waals surface area (Å²) in [5.41, 5.74) is 0. The van der Waals surface area contributed by atoms with Crippen LogP contribution in [0.15, 0.2) is 0 Å². The molecule has 0 atom stereocenters. The van der Waals surface area contributed by atoms with Crippen LogP contribution < -0.4 is 0 Å². The van der Waals surface area contributed by atoms with Crippen molar-refractivity contribution in [2.75, 3.05) is 5.88 Å². The zero-order valence-corrected chi connectivity index (χ0v) is 10.1. The monoisotopic (exact) mass is 318 g/mol. The summed E-state index contributed by atoms with van der Waals surface area (Å²) in [6.07, 6.45) is 0.0571. The van der Waals surface area contributed by atoms with E-state index in [0.29, 0.717) is 0 Å². The third-order valence-electron chi connectivity index (χ3n) is 0.308. The van der Waals surface area contributed by atoms with Crippen LogP contribution >= 0.6 is 11.6 Å². The van der Waals surface area contributed by atoms with Crippen molar-refractivity contribution in [2.24, 2.45) is 0 Å². The Bertz CT molecular complexity index is 56.9. The van der Waals surface area contributed by atoms with Crippen molar-refractivity contribution in [3.05, 3.63) is 0 Å². The molecule has 7 heavy (non-hydrogen) atoms. The van der Waals surface area contributed by atoms with E-state index in [2.05, 4.69) is 0 Å². The molecule has 0 saturated heterocycles. The Morgan fingerprint density at radius 3 is 2.14 bits per heavy atom. The van der Waals surface area contributed by atoms with E-state index in [1.165, 1.54) is 0 Å². The predicted octanol–water partition coefficient (Wildman–Crippen LogP) is -0.216. The van der Waals surface area contributed by atoms with E-state index >= 15 is 0 Å². The van der Waals surface area contributed by atoms with E-state index in [4.69, 9.17) is 16.7 Å². The van der Waals surface area contributed by atoms with E-state index in [9.17, 15) is 4.79 Å². The van der Waals surface area contributed by atoms with Gasteiger partial charge in [-0.25, -0.2) is 0 Å². The molecule has 4 heteroatoms. The van der Waals surface area contributed by atoms with Gasteiger partial charge in [-0.2, -0.15) is 0 Å². The van der Waals surface area contributed by atoms with E-state index in [-0.39, 0.29) is 39.6 Å². The number of hydrogen-bond donors (Lipinski definition) is 1. The maximum absolute atomic E-state index is 9.51. The first kappa shape index (κ1) is 10.6. The SMILES string of the molecule is O=C(O)CCCl.[PbH2]. The van der Waals surface area contributed by atoms with Gasteiger partial charge >= 0.3 is 33.3 Å². The van der Waals surface area contributed by atoms with Gasteiger partial charge in [0, 0.05) is 5.88 Å². The quantitative estimate of drug-likeness (QED) is 0.565. The van der Waals surface area contributed by atoms with Crippen LogP contribution in [0.2, 0.25) is 0 Å². The Morgan fingerprint density at radius 1 is 1.71 bits per heavy atom.